The molecule has 1 aromatic rings. The Hall–Kier alpha value is -2.26. The van der Waals surface area contributed by atoms with Crippen LogP contribution in [-0.2, 0) is 9.53 Å². The molecule has 1 rings (SSSR count). The SMILES string of the molecule is COCCNC(=O)C(C)Nc1ccc(C#N)c(N)c1. The predicted octanol–water partition coefficient (Wildman–Crippen LogP) is 0.703. The molecule has 1 amide bonds. The van der Waals surface area contributed by atoms with Crippen LogP contribution >= 0.6 is 0 Å². The second-order valence-electron chi connectivity index (χ2n) is 4.06. The van der Waals surface area contributed by atoms with Crippen molar-refractivity contribution in [3.63, 3.8) is 0 Å². The zero-order valence-electron chi connectivity index (χ0n) is 11.1. The minimum atomic E-state index is -0.399. The van der Waals surface area contributed by atoms with E-state index in [9.17, 15) is 4.79 Å². The van der Waals surface area contributed by atoms with Crippen molar-refractivity contribution in [3.05, 3.63) is 23.8 Å². The van der Waals surface area contributed by atoms with Crippen molar-refractivity contribution in [1.82, 2.24) is 5.32 Å². The molecule has 102 valence electrons. The largest absolute Gasteiger partial charge is 0.398 e. The Bertz CT molecular complexity index is 482. The first-order valence-corrected chi connectivity index (χ1v) is 5.91. The van der Waals surface area contributed by atoms with Gasteiger partial charge in [0.2, 0.25) is 5.91 Å². The lowest BCUT2D eigenvalue weighted by Gasteiger charge is -2.15. The number of methoxy groups -OCH3 is 1. The van der Waals surface area contributed by atoms with Crippen LogP contribution in [0.25, 0.3) is 0 Å². The number of anilines is 2. The molecule has 6 heteroatoms. The van der Waals surface area contributed by atoms with Crippen LogP contribution in [0.15, 0.2) is 18.2 Å². The second kappa shape index (κ2) is 7.24. The van der Waals surface area contributed by atoms with E-state index in [0.717, 1.165) is 0 Å². The number of amides is 1. The van der Waals surface area contributed by atoms with E-state index in [1.165, 1.54) is 0 Å². The minimum absolute atomic E-state index is 0.125. The molecular weight excluding hydrogens is 244 g/mol. The third kappa shape index (κ3) is 4.48. The van der Waals surface area contributed by atoms with Gasteiger partial charge in [-0.2, -0.15) is 5.26 Å². The number of nitrogens with zero attached hydrogens (tertiary/aromatic N) is 1. The Kier molecular flexibility index (Phi) is 5.64. The lowest BCUT2D eigenvalue weighted by Crippen LogP contribution is -2.39. The zero-order chi connectivity index (χ0) is 14.3. The quantitative estimate of drug-likeness (QED) is 0.517. The van der Waals surface area contributed by atoms with E-state index in [0.29, 0.717) is 30.1 Å². The van der Waals surface area contributed by atoms with Crippen molar-refractivity contribution in [2.75, 3.05) is 31.3 Å². The van der Waals surface area contributed by atoms with E-state index in [2.05, 4.69) is 10.6 Å². The van der Waals surface area contributed by atoms with Crippen LogP contribution in [0.3, 0.4) is 0 Å². The number of hydrogen-bond acceptors (Lipinski definition) is 5. The third-order valence-corrected chi connectivity index (χ3v) is 2.55. The lowest BCUT2D eigenvalue weighted by molar-refractivity contribution is -0.121. The number of nitrogens with one attached hydrogen (secondary N) is 2. The van der Waals surface area contributed by atoms with Crippen LogP contribution in [0.2, 0.25) is 0 Å². The van der Waals surface area contributed by atoms with Gasteiger partial charge in [-0.15, -0.1) is 0 Å². The third-order valence-electron chi connectivity index (χ3n) is 2.55. The van der Waals surface area contributed by atoms with Gasteiger partial charge in [0.15, 0.2) is 0 Å². The molecule has 6 nitrogen and oxygen atoms in total. The Balaban J connectivity index is 2.57. The van der Waals surface area contributed by atoms with Gasteiger partial charge in [0, 0.05) is 19.3 Å². The molecule has 0 bridgehead atoms. The molecular formula is C13H18N4O2. The number of nitrogens with two attached hydrogens (primary N) is 1. The summed E-state index contributed by atoms with van der Waals surface area (Å²) in [6.07, 6.45) is 0. The maximum absolute atomic E-state index is 11.7. The number of nitriles is 1. The number of rotatable bonds is 6. The minimum Gasteiger partial charge on any atom is -0.398 e. The first kappa shape index (κ1) is 14.8. The van der Waals surface area contributed by atoms with E-state index in [1.807, 2.05) is 6.07 Å². The van der Waals surface area contributed by atoms with Gasteiger partial charge >= 0.3 is 0 Å². The van der Waals surface area contributed by atoms with Crippen molar-refractivity contribution < 1.29 is 9.53 Å². The summed E-state index contributed by atoms with van der Waals surface area (Å²) in [5.41, 5.74) is 7.21. The molecule has 4 N–H and O–H groups in total. The summed E-state index contributed by atoms with van der Waals surface area (Å²) in [6, 6.07) is 6.56. The van der Waals surface area contributed by atoms with Crippen molar-refractivity contribution in [2.45, 2.75) is 13.0 Å². The molecule has 1 atom stereocenters. The molecule has 0 spiro atoms. The average molecular weight is 262 g/mol. The first-order chi connectivity index (χ1) is 9.08. The maximum Gasteiger partial charge on any atom is 0.242 e. The molecule has 0 fully saturated rings. The summed E-state index contributed by atoms with van der Waals surface area (Å²) >= 11 is 0. The smallest absolute Gasteiger partial charge is 0.242 e. The molecule has 0 heterocycles. The van der Waals surface area contributed by atoms with Crippen molar-refractivity contribution in [1.29, 1.82) is 5.26 Å². The molecule has 19 heavy (non-hydrogen) atoms. The van der Waals surface area contributed by atoms with Crippen LogP contribution in [0, 0.1) is 11.3 Å². The summed E-state index contributed by atoms with van der Waals surface area (Å²) in [4.78, 5) is 11.7. The van der Waals surface area contributed by atoms with Crippen LogP contribution in [0.1, 0.15) is 12.5 Å². The van der Waals surface area contributed by atoms with Gasteiger partial charge in [-0.05, 0) is 25.1 Å². The number of nitrogen functional groups attached to an aromatic ring is 1. The molecule has 0 aromatic heterocycles. The Morgan fingerprint density at radius 2 is 2.32 bits per heavy atom. The summed E-state index contributed by atoms with van der Waals surface area (Å²) in [7, 11) is 1.58. The first-order valence-electron chi connectivity index (χ1n) is 5.91. The number of ether oxygens (including phenoxy) is 1. The summed E-state index contributed by atoms with van der Waals surface area (Å²) in [5, 5.41) is 14.5. The van der Waals surface area contributed by atoms with Gasteiger partial charge in [-0.3, -0.25) is 4.79 Å². The van der Waals surface area contributed by atoms with Crippen LogP contribution < -0.4 is 16.4 Å². The highest BCUT2D eigenvalue weighted by Gasteiger charge is 2.12. The van der Waals surface area contributed by atoms with E-state index in [-0.39, 0.29) is 5.91 Å². The van der Waals surface area contributed by atoms with E-state index < -0.39 is 6.04 Å². The summed E-state index contributed by atoms with van der Waals surface area (Å²) < 4.78 is 4.85. The Morgan fingerprint density at radius 3 is 2.89 bits per heavy atom. The Labute approximate surface area is 112 Å². The van der Waals surface area contributed by atoms with Gasteiger partial charge in [-0.1, -0.05) is 0 Å². The average Bonchev–Trinajstić information content (AvgIpc) is 2.39. The summed E-state index contributed by atoms with van der Waals surface area (Å²) in [6.45, 7) is 2.69. The maximum atomic E-state index is 11.7. The molecule has 0 aliphatic carbocycles. The number of carbonyl (C=O) groups excluding carboxylic acids is 1. The van der Waals surface area contributed by atoms with E-state index in [1.54, 1.807) is 32.2 Å². The summed E-state index contributed by atoms with van der Waals surface area (Å²) in [5.74, 6) is -0.125. The van der Waals surface area contributed by atoms with Gasteiger partial charge in [0.25, 0.3) is 0 Å². The fourth-order valence-corrected chi connectivity index (χ4v) is 1.50. The van der Waals surface area contributed by atoms with Crippen LogP contribution in [-0.4, -0.2) is 32.2 Å². The molecule has 1 unspecified atom stereocenters. The molecule has 0 saturated heterocycles. The molecule has 1 aromatic carbocycles. The topological polar surface area (TPSA) is 100 Å². The number of hydrogen-bond donors (Lipinski definition) is 3. The highest BCUT2D eigenvalue weighted by atomic mass is 16.5. The highest BCUT2D eigenvalue weighted by Crippen LogP contribution is 2.17. The second-order valence-corrected chi connectivity index (χ2v) is 4.06. The fourth-order valence-electron chi connectivity index (χ4n) is 1.50. The number of carbonyl (C=O) groups is 1. The standard InChI is InChI=1S/C13H18N4O2/c1-9(13(18)16-5-6-19-2)17-11-4-3-10(8-14)12(15)7-11/h3-4,7,9,17H,5-6,15H2,1-2H3,(H,16,18). The van der Waals surface area contributed by atoms with Crippen molar-refractivity contribution in [2.24, 2.45) is 0 Å². The van der Waals surface area contributed by atoms with Crippen molar-refractivity contribution >= 4 is 17.3 Å². The highest BCUT2D eigenvalue weighted by molar-refractivity contribution is 5.84. The Morgan fingerprint density at radius 1 is 1.58 bits per heavy atom. The van der Waals surface area contributed by atoms with E-state index >= 15 is 0 Å². The van der Waals surface area contributed by atoms with Gasteiger partial charge in [-0.25, -0.2) is 0 Å². The molecule has 0 saturated carbocycles. The normalized spacial score (nSPS) is 11.4. The van der Waals surface area contributed by atoms with Crippen LogP contribution in [0.5, 0.6) is 0 Å². The van der Waals surface area contributed by atoms with E-state index in [4.69, 9.17) is 15.7 Å². The molecule has 0 aliphatic heterocycles. The van der Waals surface area contributed by atoms with Crippen LogP contribution in [0.4, 0.5) is 11.4 Å². The lowest BCUT2D eigenvalue weighted by atomic mass is 10.1. The molecule has 0 aliphatic rings. The zero-order valence-corrected chi connectivity index (χ0v) is 11.1. The van der Waals surface area contributed by atoms with Gasteiger partial charge in [0.1, 0.15) is 12.1 Å². The van der Waals surface area contributed by atoms with Gasteiger partial charge in [0.05, 0.1) is 17.9 Å². The number of benzene rings is 1. The van der Waals surface area contributed by atoms with Crippen molar-refractivity contribution in [3.8, 4) is 6.07 Å². The fraction of sp³-hybridized carbons (Fsp3) is 0.385. The monoisotopic (exact) mass is 262 g/mol. The molecule has 0 radical (unpaired) electrons. The van der Waals surface area contributed by atoms with Gasteiger partial charge < -0.3 is 21.1 Å². The predicted molar refractivity (Wildman–Crippen MR) is 73.5 cm³/mol.